The van der Waals surface area contributed by atoms with Crippen molar-refractivity contribution < 1.29 is 4.79 Å². The summed E-state index contributed by atoms with van der Waals surface area (Å²) in [6.45, 7) is 8.42. The van der Waals surface area contributed by atoms with E-state index in [-0.39, 0.29) is 11.7 Å². The average molecular weight is 351 g/mol. The lowest BCUT2D eigenvalue weighted by Crippen LogP contribution is -2.34. The van der Waals surface area contributed by atoms with Gasteiger partial charge < -0.3 is 4.90 Å². The molecule has 1 fully saturated rings. The van der Waals surface area contributed by atoms with Crippen molar-refractivity contribution in [2.24, 2.45) is 5.92 Å². The molecule has 0 radical (unpaired) electrons. The van der Waals surface area contributed by atoms with E-state index < -0.39 is 0 Å². The Bertz CT molecular complexity index is 736. The molecule has 0 spiro atoms. The Labute approximate surface area is 156 Å². The second-order valence-electron chi connectivity index (χ2n) is 7.55. The molecule has 3 heterocycles. The second kappa shape index (κ2) is 8.43. The van der Waals surface area contributed by atoms with Gasteiger partial charge in [0.15, 0.2) is 0 Å². The fourth-order valence-electron chi connectivity index (χ4n) is 3.53. The molecule has 2 aromatic rings. The number of Topliss-reactive ketones (excluding diaryl/α,β-unsaturated/α-hetero) is 1. The summed E-state index contributed by atoms with van der Waals surface area (Å²) in [4.78, 5) is 24.2. The van der Waals surface area contributed by atoms with Crippen molar-refractivity contribution in [2.75, 3.05) is 18.0 Å². The lowest BCUT2D eigenvalue weighted by molar-refractivity contribution is -0.120. The summed E-state index contributed by atoms with van der Waals surface area (Å²) in [7, 11) is 0. The van der Waals surface area contributed by atoms with Crippen LogP contribution < -0.4 is 4.90 Å². The van der Waals surface area contributed by atoms with Gasteiger partial charge in [-0.1, -0.05) is 19.1 Å². The number of hydrogen-bond acceptors (Lipinski definition) is 4. The van der Waals surface area contributed by atoms with Crippen LogP contribution in [0, 0.1) is 12.8 Å². The number of hydrogen-bond donors (Lipinski definition) is 0. The van der Waals surface area contributed by atoms with Gasteiger partial charge in [-0.25, -0.2) is 4.98 Å². The van der Waals surface area contributed by atoms with Gasteiger partial charge in [0.2, 0.25) is 0 Å². The first kappa shape index (κ1) is 18.6. The molecule has 1 atom stereocenters. The van der Waals surface area contributed by atoms with E-state index in [2.05, 4.69) is 28.9 Å². The standard InChI is InChI=1S/C22H29N3O/c1-16-11-14-25(15-12-16)22-19(8-7-17(2)24-22)9-10-21(26)18(3)20-6-4-5-13-23-20/h4-8,13,16,18H,9-12,14-15H2,1-3H3. The molecule has 1 saturated heterocycles. The Morgan fingerprint density at radius 2 is 2.00 bits per heavy atom. The van der Waals surface area contributed by atoms with Crippen molar-refractivity contribution in [2.45, 2.75) is 52.4 Å². The number of anilines is 1. The van der Waals surface area contributed by atoms with Gasteiger partial charge >= 0.3 is 0 Å². The van der Waals surface area contributed by atoms with E-state index in [1.54, 1.807) is 6.20 Å². The summed E-state index contributed by atoms with van der Waals surface area (Å²) in [5.41, 5.74) is 3.08. The zero-order valence-corrected chi connectivity index (χ0v) is 16.1. The van der Waals surface area contributed by atoms with Gasteiger partial charge in [-0.2, -0.15) is 0 Å². The minimum atomic E-state index is -0.158. The molecule has 0 saturated carbocycles. The Morgan fingerprint density at radius 3 is 2.69 bits per heavy atom. The van der Waals surface area contributed by atoms with E-state index in [4.69, 9.17) is 4.98 Å². The number of aryl methyl sites for hydroxylation is 2. The maximum Gasteiger partial charge on any atom is 0.141 e. The van der Waals surface area contributed by atoms with Crippen LogP contribution in [-0.2, 0) is 11.2 Å². The van der Waals surface area contributed by atoms with Crippen molar-refractivity contribution >= 4 is 11.6 Å². The minimum Gasteiger partial charge on any atom is -0.356 e. The quantitative estimate of drug-likeness (QED) is 0.777. The highest BCUT2D eigenvalue weighted by molar-refractivity contribution is 5.85. The fourth-order valence-corrected chi connectivity index (χ4v) is 3.53. The van der Waals surface area contributed by atoms with E-state index >= 15 is 0 Å². The molecule has 0 aromatic carbocycles. The Balaban J connectivity index is 1.69. The predicted molar refractivity (Wildman–Crippen MR) is 106 cm³/mol. The van der Waals surface area contributed by atoms with Gasteiger partial charge in [-0.05, 0) is 62.8 Å². The third-order valence-corrected chi connectivity index (χ3v) is 5.43. The van der Waals surface area contributed by atoms with E-state index in [0.717, 1.165) is 42.6 Å². The first-order valence-corrected chi connectivity index (χ1v) is 9.69. The number of carbonyl (C=O) groups excluding carboxylic acids is 1. The smallest absolute Gasteiger partial charge is 0.141 e. The zero-order valence-electron chi connectivity index (χ0n) is 16.1. The van der Waals surface area contributed by atoms with Crippen molar-refractivity contribution in [1.82, 2.24) is 9.97 Å². The summed E-state index contributed by atoms with van der Waals surface area (Å²) >= 11 is 0. The van der Waals surface area contributed by atoms with Crippen LogP contribution in [0.25, 0.3) is 0 Å². The molecule has 138 valence electrons. The molecule has 26 heavy (non-hydrogen) atoms. The van der Waals surface area contributed by atoms with Crippen LogP contribution in [0.4, 0.5) is 5.82 Å². The highest BCUT2D eigenvalue weighted by Gasteiger charge is 2.21. The van der Waals surface area contributed by atoms with Crippen LogP contribution >= 0.6 is 0 Å². The molecule has 4 heteroatoms. The molecule has 0 aliphatic carbocycles. The van der Waals surface area contributed by atoms with Gasteiger partial charge in [0.05, 0.1) is 11.6 Å². The maximum atomic E-state index is 12.6. The molecule has 2 aromatic heterocycles. The largest absolute Gasteiger partial charge is 0.356 e. The first-order chi connectivity index (χ1) is 12.5. The highest BCUT2D eigenvalue weighted by atomic mass is 16.1. The van der Waals surface area contributed by atoms with E-state index in [1.807, 2.05) is 32.0 Å². The lowest BCUT2D eigenvalue weighted by Gasteiger charge is -2.32. The molecule has 0 amide bonds. The first-order valence-electron chi connectivity index (χ1n) is 9.69. The number of carbonyl (C=O) groups is 1. The van der Waals surface area contributed by atoms with E-state index in [9.17, 15) is 4.79 Å². The topological polar surface area (TPSA) is 46.1 Å². The lowest BCUT2D eigenvalue weighted by atomic mass is 9.95. The number of ketones is 1. The van der Waals surface area contributed by atoms with Crippen LogP contribution in [0.3, 0.4) is 0 Å². The van der Waals surface area contributed by atoms with Gasteiger partial charge in [-0.15, -0.1) is 0 Å². The average Bonchev–Trinajstić information content (AvgIpc) is 2.67. The summed E-state index contributed by atoms with van der Waals surface area (Å²) in [5, 5.41) is 0. The summed E-state index contributed by atoms with van der Waals surface area (Å²) in [5.74, 6) is 1.95. The van der Waals surface area contributed by atoms with Crippen LogP contribution in [0.2, 0.25) is 0 Å². The molecule has 0 N–H and O–H groups in total. The monoisotopic (exact) mass is 351 g/mol. The maximum absolute atomic E-state index is 12.6. The molecule has 0 bridgehead atoms. The van der Waals surface area contributed by atoms with Crippen LogP contribution in [0.1, 0.15) is 56.0 Å². The summed E-state index contributed by atoms with van der Waals surface area (Å²) < 4.78 is 0. The molecule has 1 aliphatic heterocycles. The Kier molecular flexibility index (Phi) is 6.02. The highest BCUT2D eigenvalue weighted by Crippen LogP contribution is 2.26. The van der Waals surface area contributed by atoms with Gasteiger partial charge in [0.1, 0.15) is 11.6 Å². The SMILES string of the molecule is Cc1ccc(CCC(=O)C(C)c2ccccn2)c(N2CCC(C)CC2)n1. The number of pyridine rings is 2. The van der Waals surface area contributed by atoms with Crippen LogP contribution in [0.15, 0.2) is 36.5 Å². The van der Waals surface area contributed by atoms with Crippen molar-refractivity contribution in [3.8, 4) is 0 Å². The molecule has 1 aliphatic rings. The fraction of sp³-hybridized carbons (Fsp3) is 0.500. The molecule has 1 unspecified atom stereocenters. The Morgan fingerprint density at radius 1 is 1.23 bits per heavy atom. The van der Waals surface area contributed by atoms with Crippen molar-refractivity contribution in [3.05, 3.63) is 53.5 Å². The van der Waals surface area contributed by atoms with Crippen LogP contribution in [0.5, 0.6) is 0 Å². The van der Waals surface area contributed by atoms with Crippen molar-refractivity contribution in [1.29, 1.82) is 0 Å². The molecule has 4 nitrogen and oxygen atoms in total. The normalized spacial score (nSPS) is 16.5. The third kappa shape index (κ3) is 4.48. The second-order valence-corrected chi connectivity index (χ2v) is 7.55. The number of piperidine rings is 1. The predicted octanol–water partition coefficient (Wildman–Crippen LogP) is 4.33. The zero-order chi connectivity index (χ0) is 18.5. The van der Waals surface area contributed by atoms with E-state index in [1.165, 1.54) is 18.4 Å². The minimum absolute atomic E-state index is 0.158. The molecular weight excluding hydrogens is 322 g/mol. The van der Waals surface area contributed by atoms with E-state index in [0.29, 0.717) is 6.42 Å². The van der Waals surface area contributed by atoms with Gasteiger partial charge in [0.25, 0.3) is 0 Å². The Hall–Kier alpha value is -2.23. The number of rotatable bonds is 6. The molecular formula is C22H29N3O. The number of nitrogens with zero attached hydrogens (tertiary/aromatic N) is 3. The van der Waals surface area contributed by atoms with Crippen LogP contribution in [-0.4, -0.2) is 28.8 Å². The number of aromatic nitrogens is 2. The third-order valence-electron chi connectivity index (χ3n) is 5.43. The van der Waals surface area contributed by atoms with Gasteiger partial charge in [-0.3, -0.25) is 9.78 Å². The molecule has 3 rings (SSSR count). The summed E-state index contributed by atoms with van der Waals surface area (Å²) in [6, 6.07) is 9.94. The van der Waals surface area contributed by atoms with Crippen molar-refractivity contribution in [3.63, 3.8) is 0 Å². The van der Waals surface area contributed by atoms with Gasteiger partial charge in [0, 0.05) is 31.4 Å². The summed E-state index contributed by atoms with van der Waals surface area (Å²) in [6.07, 6.45) is 5.44.